The van der Waals surface area contributed by atoms with Gasteiger partial charge in [0.15, 0.2) is 5.75 Å². The second-order valence-corrected chi connectivity index (χ2v) is 4.51. The molecular formula is C14H15N3OS. The van der Waals surface area contributed by atoms with Gasteiger partial charge in [0.05, 0.1) is 11.3 Å². The van der Waals surface area contributed by atoms with Crippen molar-refractivity contribution in [3.8, 4) is 11.6 Å². The van der Waals surface area contributed by atoms with E-state index in [1.807, 2.05) is 26.0 Å². The maximum atomic E-state index is 5.81. The third kappa shape index (κ3) is 3.06. The summed E-state index contributed by atoms with van der Waals surface area (Å²) in [5, 5.41) is 0. The zero-order chi connectivity index (χ0) is 13.8. The number of ether oxygens (including phenoxy) is 1. The molecule has 2 aromatic heterocycles. The summed E-state index contributed by atoms with van der Waals surface area (Å²) in [6, 6.07) is 7.35. The quantitative estimate of drug-likeness (QED) is 0.868. The average Bonchev–Trinajstić information content (AvgIpc) is 2.41. The molecule has 0 amide bonds. The molecule has 0 aromatic carbocycles. The average molecular weight is 273 g/mol. The zero-order valence-electron chi connectivity index (χ0n) is 10.9. The van der Waals surface area contributed by atoms with E-state index >= 15 is 0 Å². The summed E-state index contributed by atoms with van der Waals surface area (Å²) < 4.78 is 5.81. The topological polar surface area (TPSA) is 61.0 Å². The van der Waals surface area contributed by atoms with Crippen LogP contribution in [0.1, 0.15) is 23.9 Å². The van der Waals surface area contributed by atoms with Crippen LogP contribution in [0, 0.1) is 6.92 Å². The molecule has 0 radical (unpaired) electrons. The van der Waals surface area contributed by atoms with E-state index in [0.717, 1.165) is 17.8 Å². The number of rotatable bonds is 4. The lowest BCUT2D eigenvalue weighted by atomic mass is 10.2. The van der Waals surface area contributed by atoms with E-state index in [1.54, 1.807) is 18.3 Å². The van der Waals surface area contributed by atoms with Crippen LogP contribution in [-0.4, -0.2) is 15.0 Å². The van der Waals surface area contributed by atoms with Gasteiger partial charge in [0, 0.05) is 11.9 Å². The number of aryl methyl sites for hydroxylation is 2. The molecule has 2 N–H and O–H groups in total. The normalized spacial score (nSPS) is 10.2. The van der Waals surface area contributed by atoms with Crippen LogP contribution in [0.5, 0.6) is 11.6 Å². The summed E-state index contributed by atoms with van der Waals surface area (Å²) in [6.07, 6.45) is 2.43. The lowest BCUT2D eigenvalue weighted by Crippen LogP contribution is -2.11. The van der Waals surface area contributed by atoms with Crippen molar-refractivity contribution >= 4 is 17.2 Å². The van der Waals surface area contributed by atoms with Gasteiger partial charge in [-0.2, -0.15) is 0 Å². The van der Waals surface area contributed by atoms with Gasteiger partial charge in [-0.25, -0.2) is 4.98 Å². The van der Waals surface area contributed by atoms with Crippen LogP contribution in [0.25, 0.3) is 0 Å². The molecule has 0 fully saturated rings. The number of thiocarbonyl (C=S) groups is 1. The molecule has 0 aliphatic heterocycles. The summed E-state index contributed by atoms with van der Waals surface area (Å²) in [7, 11) is 0. The largest absolute Gasteiger partial charge is 0.436 e. The first kappa shape index (κ1) is 13.4. The number of pyridine rings is 2. The van der Waals surface area contributed by atoms with Crippen molar-refractivity contribution in [3.05, 3.63) is 47.4 Å². The molecule has 0 saturated heterocycles. The standard InChI is InChI=1S/C14H15N3OS/c1-3-11-12(7-6-9(2)17-11)18-14-10(13(15)19)5-4-8-16-14/h4-8H,3H2,1-2H3,(H2,15,19). The van der Waals surface area contributed by atoms with E-state index < -0.39 is 0 Å². The summed E-state index contributed by atoms with van der Waals surface area (Å²) in [5.41, 5.74) is 8.13. The molecule has 0 saturated carbocycles. The number of nitrogens with two attached hydrogens (primary N) is 1. The van der Waals surface area contributed by atoms with Crippen LogP contribution < -0.4 is 10.5 Å². The molecule has 0 aliphatic carbocycles. The van der Waals surface area contributed by atoms with Crippen molar-refractivity contribution in [3.63, 3.8) is 0 Å². The molecule has 0 bridgehead atoms. The van der Waals surface area contributed by atoms with E-state index in [2.05, 4.69) is 9.97 Å². The van der Waals surface area contributed by atoms with Crippen LogP contribution in [0.2, 0.25) is 0 Å². The first-order valence-corrected chi connectivity index (χ1v) is 6.42. The third-order valence-corrected chi connectivity index (χ3v) is 2.87. The molecule has 2 heterocycles. The fourth-order valence-electron chi connectivity index (χ4n) is 1.71. The van der Waals surface area contributed by atoms with Crippen molar-refractivity contribution in [2.24, 2.45) is 5.73 Å². The lowest BCUT2D eigenvalue weighted by molar-refractivity contribution is 0.453. The molecule has 2 aromatic rings. The van der Waals surface area contributed by atoms with Gasteiger partial charge >= 0.3 is 0 Å². The fourth-order valence-corrected chi connectivity index (χ4v) is 1.86. The predicted octanol–water partition coefficient (Wildman–Crippen LogP) is 2.77. The van der Waals surface area contributed by atoms with Crippen molar-refractivity contribution in [1.82, 2.24) is 9.97 Å². The van der Waals surface area contributed by atoms with E-state index in [9.17, 15) is 0 Å². The number of nitrogens with zero attached hydrogens (tertiary/aromatic N) is 2. The molecule has 2 rings (SSSR count). The van der Waals surface area contributed by atoms with Gasteiger partial charge in [0.1, 0.15) is 4.99 Å². The van der Waals surface area contributed by atoms with E-state index in [-0.39, 0.29) is 4.99 Å². The maximum absolute atomic E-state index is 5.81. The molecule has 98 valence electrons. The van der Waals surface area contributed by atoms with Crippen LogP contribution in [-0.2, 0) is 6.42 Å². The second-order valence-electron chi connectivity index (χ2n) is 4.07. The second kappa shape index (κ2) is 5.75. The van der Waals surface area contributed by atoms with Gasteiger partial charge in [-0.3, -0.25) is 4.98 Å². The minimum absolute atomic E-state index is 0.265. The van der Waals surface area contributed by atoms with Gasteiger partial charge in [-0.15, -0.1) is 0 Å². The highest BCUT2D eigenvalue weighted by Gasteiger charge is 2.11. The first-order valence-electron chi connectivity index (χ1n) is 6.01. The molecule has 0 unspecified atom stereocenters. The van der Waals surface area contributed by atoms with Crippen molar-refractivity contribution in [1.29, 1.82) is 0 Å². The minimum Gasteiger partial charge on any atom is -0.436 e. The molecule has 0 atom stereocenters. The predicted molar refractivity (Wildman–Crippen MR) is 78.6 cm³/mol. The zero-order valence-corrected chi connectivity index (χ0v) is 11.7. The van der Waals surface area contributed by atoms with Crippen molar-refractivity contribution < 1.29 is 4.74 Å². The van der Waals surface area contributed by atoms with Crippen molar-refractivity contribution in [2.45, 2.75) is 20.3 Å². The monoisotopic (exact) mass is 273 g/mol. The highest BCUT2D eigenvalue weighted by molar-refractivity contribution is 7.80. The number of hydrogen-bond donors (Lipinski definition) is 1. The van der Waals surface area contributed by atoms with Crippen LogP contribution in [0.4, 0.5) is 0 Å². The molecule has 0 aliphatic rings. The van der Waals surface area contributed by atoms with Crippen LogP contribution in [0.15, 0.2) is 30.5 Å². The van der Waals surface area contributed by atoms with Gasteiger partial charge in [-0.1, -0.05) is 19.1 Å². The Kier molecular flexibility index (Phi) is 4.06. The third-order valence-electron chi connectivity index (χ3n) is 2.65. The maximum Gasteiger partial charge on any atom is 0.229 e. The Morgan fingerprint density at radius 1 is 1.37 bits per heavy atom. The minimum atomic E-state index is 0.265. The Bertz CT molecular complexity index is 613. The molecule has 0 spiro atoms. The Hall–Kier alpha value is -2.01. The summed E-state index contributed by atoms with van der Waals surface area (Å²) in [5.74, 6) is 1.10. The molecule has 4 nitrogen and oxygen atoms in total. The summed E-state index contributed by atoms with van der Waals surface area (Å²) in [4.78, 5) is 8.89. The smallest absolute Gasteiger partial charge is 0.229 e. The van der Waals surface area contributed by atoms with E-state index in [0.29, 0.717) is 17.2 Å². The lowest BCUT2D eigenvalue weighted by Gasteiger charge is -2.11. The van der Waals surface area contributed by atoms with Crippen LogP contribution in [0.3, 0.4) is 0 Å². The van der Waals surface area contributed by atoms with Gasteiger partial charge in [0.2, 0.25) is 5.88 Å². The summed E-state index contributed by atoms with van der Waals surface area (Å²) in [6.45, 7) is 3.98. The number of aromatic nitrogens is 2. The Morgan fingerprint density at radius 2 is 2.16 bits per heavy atom. The highest BCUT2D eigenvalue weighted by Crippen LogP contribution is 2.25. The molecule has 19 heavy (non-hydrogen) atoms. The number of hydrogen-bond acceptors (Lipinski definition) is 4. The SMILES string of the molecule is CCc1nc(C)ccc1Oc1ncccc1C(N)=S. The van der Waals surface area contributed by atoms with Gasteiger partial charge in [-0.05, 0) is 37.6 Å². The van der Waals surface area contributed by atoms with Crippen LogP contribution >= 0.6 is 12.2 Å². The molecular weight excluding hydrogens is 258 g/mol. The van der Waals surface area contributed by atoms with Crippen molar-refractivity contribution in [2.75, 3.05) is 0 Å². The Labute approximate surface area is 117 Å². The van der Waals surface area contributed by atoms with Gasteiger partial charge < -0.3 is 10.5 Å². The molecule has 5 heteroatoms. The summed E-state index contributed by atoms with van der Waals surface area (Å²) >= 11 is 4.99. The Balaban J connectivity index is 2.39. The van der Waals surface area contributed by atoms with E-state index in [1.165, 1.54) is 0 Å². The fraction of sp³-hybridized carbons (Fsp3) is 0.214. The highest BCUT2D eigenvalue weighted by atomic mass is 32.1. The first-order chi connectivity index (χ1) is 9.11. The van der Waals surface area contributed by atoms with Gasteiger partial charge in [0.25, 0.3) is 0 Å². The van der Waals surface area contributed by atoms with E-state index in [4.69, 9.17) is 22.7 Å². The Morgan fingerprint density at radius 3 is 2.84 bits per heavy atom.